The number of rotatable bonds is 1. The first kappa shape index (κ1) is 8.86. The second kappa shape index (κ2) is 3.57. The molecule has 2 rings (SSSR count). The van der Waals surface area contributed by atoms with Gasteiger partial charge in [-0.15, -0.1) is 0 Å². The summed E-state index contributed by atoms with van der Waals surface area (Å²) in [6.07, 6.45) is 4.65. The molecule has 1 aromatic heterocycles. The first-order valence-corrected chi connectivity index (χ1v) is 4.42. The Morgan fingerprint density at radius 2 is 2.29 bits per heavy atom. The lowest BCUT2D eigenvalue weighted by Gasteiger charge is -1.96. The number of hydrogen-bond donors (Lipinski definition) is 0. The number of furan rings is 1. The van der Waals surface area contributed by atoms with Gasteiger partial charge in [0.2, 0.25) is 0 Å². The van der Waals surface area contributed by atoms with Crippen LogP contribution in [0.1, 0.15) is 5.56 Å². The molecule has 0 atom stereocenters. The minimum Gasteiger partial charge on any atom is -0.464 e. The van der Waals surface area contributed by atoms with Crippen molar-refractivity contribution in [2.45, 2.75) is 0 Å². The SMILES string of the molecule is N#CC=Cc1cc2occc2cc1Cl. The summed E-state index contributed by atoms with van der Waals surface area (Å²) in [5.74, 6) is 0. The maximum atomic E-state index is 8.39. The summed E-state index contributed by atoms with van der Waals surface area (Å²) in [4.78, 5) is 0. The Hall–Kier alpha value is -1.72. The minimum atomic E-state index is 0.616. The zero-order valence-electron chi connectivity index (χ0n) is 7.20. The molecule has 14 heavy (non-hydrogen) atoms. The highest BCUT2D eigenvalue weighted by molar-refractivity contribution is 6.32. The van der Waals surface area contributed by atoms with Crippen molar-refractivity contribution in [2.75, 3.05) is 0 Å². The Kier molecular flexibility index (Phi) is 2.26. The van der Waals surface area contributed by atoms with E-state index in [9.17, 15) is 0 Å². The monoisotopic (exact) mass is 203 g/mol. The Bertz CT molecular complexity index is 534. The number of benzene rings is 1. The lowest BCUT2D eigenvalue weighted by atomic mass is 10.1. The van der Waals surface area contributed by atoms with E-state index >= 15 is 0 Å². The van der Waals surface area contributed by atoms with Crippen molar-refractivity contribution in [3.05, 3.63) is 41.1 Å². The van der Waals surface area contributed by atoms with Crippen LogP contribution in [0.2, 0.25) is 5.02 Å². The summed E-state index contributed by atoms with van der Waals surface area (Å²) in [5, 5.41) is 9.97. The van der Waals surface area contributed by atoms with Crippen LogP contribution in [0.3, 0.4) is 0 Å². The fraction of sp³-hybridized carbons (Fsp3) is 0. The first-order chi connectivity index (χ1) is 6.81. The molecule has 0 aliphatic carbocycles. The molecule has 0 aliphatic heterocycles. The highest BCUT2D eigenvalue weighted by Crippen LogP contribution is 2.25. The van der Waals surface area contributed by atoms with Gasteiger partial charge in [0.05, 0.1) is 12.3 Å². The number of fused-ring (bicyclic) bond motifs is 1. The lowest BCUT2D eigenvalue weighted by molar-refractivity contribution is 0.616. The molecule has 2 aromatic rings. The second-order valence-corrected chi connectivity index (χ2v) is 3.20. The molecule has 0 bridgehead atoms. The summed E-state index contributed by atoms with van der Waals surface area (Å²) in [6.45, 7) is 0. The zero-order chi connectivity index (χ0) is 9.97. The molecule has 0 saturated heterocycles. The number of nitriles is 1. The van der Waals surface area contributed by atoms with Gasteiger partial charge in [-0.05, 0) is 29.8 Å². The molecule has 1 aromatic carbocycles. The Balaban J connectivity index is 2.60. The predicted octanol–water partition coefficient (Wildman–Crippen LogP) is 3.62. The third-order valence-corrected chi connectivity index (χ3v) is 2.24. The standard InChI is InChI=1S/C11H6ClNO/c12-10-6-9-3-5-14-11(9)7-8(10)2-1-4-13/h1-3,5-7H. The average Bonchev–Trinajstić information content (AvgIpc) is 2.61. The van der Waals surface area contributed by atoms with Crippen LogP contribution in [0.4, 0.5) is 0 Å². The lowest BCUT2D eigenvalue weighted by Crippen LogP contribution is -1.74. The van der Waals surface area contributed by atoms with Crippen LogP contribution < -0.4 is 0 Å². The van der Waals surface area contributed by atoms with Crippen LogP contribution in [0.25, 0.3) is 17.0 Å². The van der Waals surface area contributed by atoms with Gasteiger partial charge in [0.25, 0.3) is 0 Å². The fourth-order valence-electron chi connectivity index (χ4n) is 1.25. The van der Waals surface area contributed by atoms with Crippen LogP contribution in [0.5, 0.6) is 0 Å². The van der Waals surface area contributed by atoms with Crippen molar-refractivity contribution < 1.29 is 4.42 Å². The topological polar surface area (TPSA) is 36.9 Å². The number of nitrogens with zero attached hydrogens (tertiary/aromatic N) is 1. The van der Waals surface area contributed by atoms with Crippen LogP contribution in [0.15, 0.2) is 35.0 Å². The molecule has 0 fully saturated rings. The highest BCUT2D eigenvalue weighted by atomic mass is 35.5. The van der Waals surface area contributed by atoms with Crippen LogP contribution in [0, 0.1) is 11.3 Å². The van der Waals surface area contributed by atoms with E-state index < -0.39 is 0 Å². The number of allylic oxidation sites excluding steroid dienone is 1. The van der Waals surface area contributed by atoms with E-state index in [4.69, 9.17) is 21.3 Å². The third kappa shape index (κ3) is 1.50. The first-order valence-electron chi connectivity index (χ1n) is 4.04. The molecule has 0 aliphatic rings. The number of hydrogen-bond acceptors (Lipinski definition) is 2. The van der Waals surface area contributed by atoms with E-state index in [0.29, 0.717) is 5.02 Å². The summed E-state index contributed by atoms with van der Waals surface area (Å²) in [5.41, 5.74) is 1.56. The van der Waals surface area contributed by atoms with Gasteiger partial charge in [-0.25, -0.2) is 0 Å². The normalized spacial score (nSPS) is 10.9. The molecular formula is C11H6ClNO. The van der Waals surface area contributed by atoms with E-state index in [-0.39, 0.29) is 0 Å². The van der Waals surface area contributed by atoms with E-state index in [1.807, 2.05) is 24.3 Å². The zero-order valence-corrected chi connectivity index (χ0v) is 7.95. The van der Waals surface area contributed by atoms with E-state index in [0.717, 1.165) is 16.5 Å². The molecule has 0 amide bonds. The maximum absolute atomic E-state index is 8.39. The van der Waals surface area contributed by atoms with E-state index in [1.54, 1.807) is 12.3 Å². The van der Waals surface area contributed by atoms with Gasteiger partial charge in [-0.1, -0.05) is 11.6 Å². The highest BCUT2D eigenvalue weighted by Gasteiger charge is 2.02. The van der Waals surface area contributed by atoms with E-state index in [2.05, 4.69) is 0 Å². The van der Waals surface area contributed by atoms with Gasteiger partial charge in [0, 0.05) is 16.5 Å². The van der Waals surface area contributed by atoms with Crippen LogP contribution >= 0.6 is 11.6 Å². The van der Waals surface area contributed by atoms with Crippen molar-refractivity contribution in [2.24, 2.45) is 0 Å². The van der Waals surface area contributed by atoms with Crippen molar-refractivity contribution in [3.63, 3.8) is 0 Å². The summed E-state index contributed by atoms with van der Waals surface area (Å²) in [6, 6.07) is 7.39. The molecular weight excluding hydrogens is 198 g/mol. The number of halogens is 1. The largest absolute Gasteiger partial charge is 0.464 e. The summed E-state index contributed by atoms with van der Waals surface area (Å²) in [7, 11) is 0. The Labute approximate surface area is 86.0 Å². The van der Waals surface area contributed by atoms with Gasteiger partial charge >= 0.3 is 0 Å². The minimum absolute atomic E-state index is 0.616. The van der Waals surface area contributed by atoms with Crippen LogP contribution in [-0.2, 0) is 0 Å². The molecule has 0 saturated carbocycles. The van der Waals surface area contributed by atoms with Crippen molar-refractivity contribution in [1.82, 2.24) is 0 Å². The molecule has 3 heteroatoms. The Morgan fingerprint density at radius 3 is 3.07 bits per heavy atom. The van der Waals surface area contributed by atoms with Crippen molar-refractivity contribution in [1.29, 1.82) is 5.26 Å². The van der Waals surface area contributed by atoms with Crippen molar-refractivity contribution >= 4 is 28.6 Å². The van der Waals surface area contributed by atoms with Crippen LogP contribution in [-0.4, -0.2) is 0 Å². The molecule has 0 spiro atoms. The molecule has 1 heterocycles. The van der Waals surface area contributed by atoms with Gasteiger partial charge in [-0.2, -0.15) is 5.26 Å². The van der Waals surface area contributed by atoms with Gasteiger partial charge in [0.1, 0.15) is 5.58 Å². The second-order valence-electron chi connectivity index (χ2n) is 2.79. The summed E-state index contributed by atoms with van der Waals surface area (Å²) < 4.78 is 5.22. The smallest absolute Gasteiger partial charge is 0.134 e. The molecule has 0 unspecified atom stereocenters. The van der Waals surface area contributed by atoms with Crippen molar-refractivity contribution in [3.8, 4) is 6.07 Å². The summed E-state index contributed by atoms with van der Waals surface area (Å²) >= 11 is 5.99. The Morgan fingerprint density at radius 1 is 1.43 bits per heavy atom. The molecule has 0 N–H and O–H groups in total. The average molecular weight is 204 g/mol. The fourth-order valence-corrected chi connectivity index (χ4v) is 1.49. The van der Waals surface area contributed by atoms with E-state index in [1.165, 1.54) is 6.08 Å². The third-order valence-electron chi connectivity index (χ3n) is 1.91. The van der Waals surface area contributed by atoms with Gasteiger partial charge < -0.3 is 4.42 Å². The molecule has 2 nitrogen and oxygen atoms in total. The quantitative estimate of drug-likeness (QED) is 0.664. The molecule has 0 radical (unpaired) electrons. The van der Waals surface area contributed by atoms with Gasteiger partial charge in [-0.3, -0.25) is 0 Å². The maximum Gasteiger partial charge on any atom is 0.134 e. The molecule has 68 valence electrons. The van der Waals surface area contributed by atoms with Gasteiger partial charge in [0.15, 0.2) is 0 Å². The predicted molar refractivity (Wildman–Crippen MR) is 55.9 cm³/mol.